The molecule has 0 fully saturated rings. The number of hydrogen-bond acceptors (Lipinski definition) is 1. The molecular weight excluding hydrogens is 338 g/mol. The molecule has 0 spiro atoms. The number of hydrogen-bond donors (Lipinski definition) is 0. The van der Waals surface area contributed by atoms with E-state index in [1.165, 1.54) is 19.1 Å². The van der Waals surface area contributed by atoms with Crippen LogP contribution in [0, 0.1) is 18.6 Å². The average molecular weight is 346 g/mol. The quantitative estimate of drug-likeness (QED) is 0.706. The van der Waals surface area contributed by atoms with Crippen molar-refractivity contribution in [2.45, 2.75) is 6.92 Å². The maximum atomic E-state index is 13.7. The largest absolute Gasteiger partial charge is 0.288 e. The zero-order valence-corrected chi connectivity index (χ0v) is 12.1. The van der Waals surface area contributed by atoms with Gasteiger partial charge >= 0.3 is 0 Å². The standard InChI is InChI=1S/C14H8BrClF2O/c1-7-4-13(18)9(6-12(7)17)14(19)8-2-3-10(15)11(16)5-8/h2-6H,1H3. The van der Waals surface area contributed by atoms with E-state index in [4.69, 9.17) is 11.6 Å². The van der Waals surface area contributed by atoms with Crippen LogP contribution in [0.4, 0.5) is 8.78 Å². The summed E-state index contributed by atoms with van der Waals surface area (Å²) in [5.74, 6) is -1.97. The summed E-state index contributed by atoms with van der Waals surface area (Å²) in [6, 6.07) is 6.39. The Morgan fingerprint density at radius 1 is 1.16 bits per heavy atom. The molecule has 2 aromatic rings. The predicted octanol–water partition coefficient (Wildman–Crippen LogP) is 4.92. The van der Waals surface area contributed by atoms with Gasteiger partial charge in [0.1, 0.15) is 11.6 Å². The van der Waals surface area contributed by atoms with Crippen molar-refractivity contribution in [2.75, 3.05) is 0 Å². The molecule has 0 aromatic heterocycles. The Balaban J connectivity index is 2.49. The molecule has 98 valence electrons. The zero-order valence-electron chi connectivity index (χ0n) is 9.81. The van der Waals surface area contributed by atoms with Gasteiger partial charge in [-0.15, -0.1) is 0 Å². The topological polar surface area (TPSA) is 17.1 Å². The molecule has 2 rings (SSSR count). The van der Waals surface area contributed by atoms with Crippen LogP contribution in [0.2, 0.25) is 5.02 Å². The average Bonchev–Trinajstić information content (AvgIpc) is 2.36. The molecule has 0 radical (unpaired) electrons. The number of halogens is 4. The van der Waals surface area contributed by atoms with Crippen LogP contribution in [0.1, 0.15) is 21.5 Å². The minimum Gasteiger partial charge on any atom is -0.288 e. The van der Waals surface area contributed by atoms with Crippen LogP contribution in [0.5, 0.6) is 0 Å². The lowest BCUT2D eigenvalue weighted by Crippen LogP contribution is -2.06. The fraction of sp³-hybridized carbons (Fsp3) is 0.0714. The van der Waals surface area contributed by atoms with E-state index in [0.717, 1.165) is 12.1 Å². The molecule has 0 saturated carbocycles. The van der Waals surface area contributed by atoms with E-state index in [1.54, 1.807) is 6.07 Å². The molecule has 0 bridgehead atoms. The molecule has 19 heavy (non-hydrogen) atoms. The van der Waals surface area contributed by atoms with Crippen LogP contribution in [0.3, 0.4) is 0 Å². The van der Waals surface area contributed by atoms with Gasteiger partial charge in [0.15, 0.2) is 5.78 Å². The smallest absolute Gasteiger partial charge is 0.196 e. The second-order valence-electron chi connectivity index (χ2n) is 4.04. The second kappa shape index (κ2) is 5.39. The van der Waals surface area contributed by atoms with E-state index in [2.05, 4.69) is 15.9 Å². The molecule has 5 heteroatoms. The number of ketones is 1. The molecule has 0 aliphatic rings. The molecule has 0 atom stereocenters. The number of benzene rings is 2. The number of rotatable bonds is 2. The summed E-state index contributed by atoms with van der Waals surface area (Å²) >= 11 is 9.07. The van der Waals surface area contributed by atoms with Gasteiger partial charge < -0.3 is 0 Å². The van der Waals surface area contributed by atoms with Crippen molar-refractivity contribution >= 4 is 33.3 Å². The first-order valence-electron chi connectivity index (χ1n) is 5.35. The highest BCUT2D eigenvalue weighted by atomic mass is 79.9. The summed E-state index contributed by atoms with van der Waals surface area (Å²) in [6.07, 6.45) is 0. The van der Waals surface area contributed by atoms with Crippen LogP contribution in [0.15, 0.2) is 34.8 Å². The van der Waals surface area contributed by atoms with Crippen molar-refractivity contribution in [1.82, 2.24) is 0 Å². The summed E-state index contributed by atoms with van der Waals surface area (Å²) in [7, 11) is 0. The maximum absolute atomic E-state index is 13.7. The normalized spacial score (nSPS) is 10.6. The van der Waals surface area contributed by atoms with Crippen molar-refractivity contribution in [3.63, 3.8) is 0 Å². The monoisotopic (exact) mass is 344 g/mol. The van der Waals surface area contributed by atoms with Crippen molar-refractivity contribution in [1.29, 1.82) is 0 Å². The van der Waals surface area contributed by atoms with Crippen LogP contribution < -0.4 is 0 Å². The van der Waals surface area contributed by atoms with Gasteiger partial charge in [0.2, 0.25) is 0 Å². The highest BCUT2D eigenvalue weighted by Gasteiger charge is 2.17. The van der Waals surface area contributed by atoms with Gasteiger partial charge in [-0.2, -0.15) is 0 Å². The van der Waals surface area contributed by atoms with E-state index in [0.29, 0.717) is 9.50 Å². The molecule has 0 amide bonds. The molecule has 0 saturated heterocycles. The van der Waals surface area contributed by atoms with Gasteiger partial charge in [-0.25, -0.2) is 8.78 Å². The number of aryl methyl sites for hydroxylation is 1. The second-order valence-corrected chi connectivity index (χ2v) is 5.30. The van der Waals surface area contributed by atoms with Gasteiger partial charge in [0, 0.05) is 10.0 Å². The minimum absolute atomic E-state index is 0.155. The van der Waals surface area contributed by atoms with Gasteiger partial charge in [-0.1, -0.05) is 11.6 Å². The van der Waals surface area contributed by atoms with Crippen LogP contribution in [-0.2, 0) is 0 Å². The Labute approximate surface area is 122 Å². The third-order valence-corrected chi connectivity index (χ3v) is 3.91. The molecule has 0 heterocycles. The third kappa shape index (κ3) is 2.85. The van der Waals surface area contributed by atoms with Crippen molar-refractivity contribution in [3.05, 3.63) is 68.2 Å². The van der Waals surface area contributed by atoms with Crippen molar-refractivity contribution in [2.24, 2.45) is 0 Å². The summed E-state index contributed by atoms with van der Waals surface area (Å²) in [4.78, 5) is 12.1. The Morgan fingerprint density at radius 3 is 2.47 bits per heavy atom. The van der Waals surface area contributed by atoms with E-state index >= 15 is 0 Å². The number of carbonyl (C=O) groups excluding carboxylic acids is 1. The molecule has 0 aliphatic carbocycles. The van der Waals surface area contributed by atoms with E-state index < -0.39 is 17.4 Å². The van der Waals surface area contributed by atoms with Crippen LogP contribution in [0.25, 0.3) is 0 Å². The molecule has 0 aliphatic heterocycles. The SMILES string of the molecule is Cc1cc(F)c(C(=O)c2ccc(Br)c(Cl)c2)cc1F. The van der Waals surface area contributed by atoms with Crippen molar-refractivity contribution in [3.8, 4) is 0 Å². The first kappa shape index (κ1) is 14.2. The van der Waals surface area contributed by atoms with Crippen LogP contribution in [-0.4, -0.2) is 5.78 Å². The predicted molar refractivity (Wildman–Crippen MR) is 73.7 cm³/mol. The third-order valence-electron chi connectivity index (χ3n) is 2.67. The fourth-order valence-electron chi connectivity index (χ4n) is 1.61. The Hall–Kier alpha value is -1.26. The van der Waals surface area contributed by atoms with Crippen LogP contribution >= 0.6 is 27.5 Å². The maximum Gasteiger partial charge on any atom is 0.196 e. The summed E-state index contributed by atoms with van der Waals surface area (Å²) in [5.41, 5.74) is 0.0553. The summed E-state index contributed by atoms with van der Waals surface area (Å²) in [5, 5.41) is 0.332. The van der Waals surface area contributed by atoms with Gasteiger partial charge in [0.05, 0.1) is 10.6 Å². The summed E-state index contributed by atoms with van der Waals surface area (Å²) in [6.45, 7) is 1.43. The Bertz CT molecular complexity index is 671. The Kier molecular flexibility index (Phi) is 4.02. The molecule has 0 N–H and O–H groups in total. The number of carbonyl (C=O) groups is 1. The fourth-order valence-corrected chi connectivity index (χ4v) is 2.04. The highest BCUT2D eigenvalue weighted by molar-refractivity contribution is 9.10. The lowest BCUT2D eigenvalue weighted by molar-refractivity contribution is 0.103. The lowest BCUT2D eigenvalue weighted by atomic mass is 10.0. The van der Waals surface area contributed by atoms with E-state index in [1.807, 2.05) is 0 Å². The van der Waals surface area contributed by atoms with E-state index in [-0.39, 0.29) is 16.7 Å². The first-order valence-corrected chi connectivity index (χ1v) is 6.52. The van der Waals surface area contributed by atoms with Gasteiger partial charge in [-0.3, -0.25) is 4.79 Å². The zero-order chi connectivity index (χ0) is 14.2. The lowest BCUT2D eigenvalue weighted by Gasteiger charge is -2.06. The van der Waals surface area contributed by atoms with Crippen molar-refractivity contribution < 1.29 is 13.6 Å². The Morgan fingerprint density at radius 2 is 1.84 bits per heavy atom. The van der Waals surface area contributed by atoms with Gasteiger partial charge in [-0.05, 0) is 58.7 Å². The minimum atomic E-state index is -0.747. The summed E-state index contributed by atoms with van der Waals surface area (Å²) < 4.78 is 27.8. The van der Waals surface area contributed by atoms with Gasteiger partial charge in [0.25, 0.3) is 0 Å². The molecular formula is C14H8BrClF2O. The molecule has 0 unspecified atom stereocenters. The molecule has 1 nitrogen and oxygen atoms in total. The highest BCUT2D eigenvalue weighted by Crippen LogP contribution is 2.25. The first-order chi connectivity index (χ1) is 8.90. The molecule has 2 aromatic carbocycles. The van der Waals surface area contributed by atoms with E-state index in [9.17, 15) is 13.6 Å².